The number of aliphatic carboxylic acids is 1. The van der Waals surface area contributed by atoms with Crippen LogP contribution in [0.5, 0.6) is 0 Å². The van der Waals surface area contributed by atoms with Gasteiger partial charge in [0.15, 0.2) is 11.5 Å². The lowest BCUT2D eigenvalue weighted by atomic mass is 10.2. The van der Waals surface area contributed by atoms with Crippen LogP contribution < -0.4 is 0 Å². The first-order valence-electron chi connectivity index (χ1n) is 4.43. The van der Waals surface area contributed by atoms with E-state index in [0.717, 1.165) is 0 Å². The van der Waals surface area contributed by atoms with E-state index >= 15 is 0 Å². The maximum atomic E-state index is 13.3. The Hall–Kier alpha value is -1.91. The summed E-state index contributed by atoms with van der Waals surface area (Å²) in [6.07, 6.45) is 1.47. The van der Waals surface area contributed by atoms with Gasteiger partial charge in [-0.05, 0) is 19.1 Å². The zero-order valence-electron chi connectivity index (χ0n) is 8.07. The van der Waals surface area contributed by atoms with Crippen molar-refractivity contribution in [1.82, 2.24) is 9.38 Å². The molecule has 0 aliphatic carbocycles. The molecule has 4 nitrogen and oxygen atoms in total. The Bertz CT molecular complexity index is 533. The Kier molecular flexibility index (Phi) is 2.15. The molecule has 0 spiro atoms. The fourth-order valence-electron chi connectivity index (χ4n) is 1.51. The van der Waals surface area contributed by atoms with Crippen LogP contribution in [0.15, 0.2) is 18.3 Å². The summed E-state index contributed by atoms with van der Waals surface area (Å²) in [4.78, 5) is 14.5. The summed E-state index contributed by atoms with van der Waals surface area (Å²) < 4.78 is 14.8. The first-order chi connectivity index (χ1) is 7.09. The van der Waals surface area contributed by atoms with Crippen molar-refractivity contribution < 1.29 is 14.3 Å². The molecule has 0 saturated heterocycles. The van der Waals surface area contributed by atoms with E-state index in [9.17, 15) is 9.18 Å². The van der Waals surface area contributed by atoms with Crippen LogP contribution in [0.4, 0.5) is 4.39 Å². The fraction of sp³-hybridized carbons (Fsp3) is 0.200. The van der Waals surface area contributed by atoms with Crippen LogP contribution in [0, 0.1) is 12.7 Å². The number of carboxylic acid groups (broad SMARTS) is 1. The molecule has 2 rings (SSSR count). The Morgan fingerprint density at radius 1 is 1.67 bits per heavy atom. The molecule has 0 radical (unpaired) electrons. The number of aryl methyl sites for hydroxylation is 1. The SMILES string of the molecule is Cc1c(CC(=O)O)nc2c(F)cccn12. The smallest absolute Gasteiger partial charge is 0.309 e. The van der Waals surface area contributed by atoms with Crippen LogP contribution in [-0.4, -0.2) is 20.5 Å². The molecule has 0 unspecified atom stereocenters. The van der Waals surface area contributed by atoms with E-state index in [1.54, 1.807) is 23.6 Å². The number of carbonyl (C=O) groups is 1. The van der Waals surface area contributed by atoms with Crippen LogP contribution in [0.2, 0.25) is 0 Å². The van der Waals surface area contributed by atoms with Gasteiger partial charge in [-0.25, -0.2) is 9.37 Å². The highest BCUT2D eigenvalue weighted by molar-refractivity contribution is 5.70. The largest absolute Gasteiger partial charge is 0.481 e. The van der Waals surface area contributed by atoms with Crippen molar-refractivity contribution in [3.05, 3.63) is 35.5 Å². The van der Waals surface area contributed by atoms with E-state index in [1.165, 1.54) is 6.07 Å². The van der Waals surface area contributed by atoms with E-state index in [4.69, 9.17) is 5.11 Å². The number of fused-ring (bicyclic) bond motifs is 1. The molecule has 0 aliphatic heterocycles. The first-order valence-corrected chi connectivity index (χ1v) is 4.43. The van der Waals surface area contributed by atoms with E-state index in [1.807, 2.05) is 0 Å². The number of carboxylic acids is 1. The highest BCUT2D eigenvalue weighted by atomic mass is 19.1. The van der Waals surface area contributed by atoms with E-state index in [-0.39, 0.29) is 12.1 Å². The summed E-state index contributed by atoms with van der Waals surface area (Å²) in [5, 5.41) is 8.64. The minimum absolute atomic E-state index is 0.172. The van der Waals surface area contributed by atoms with Crippen LogP contribution in [0.1, 0.15) is 11.4 Å². The average Bonchev–Trinajstić information content (AvgIpc) is 2.46. The number of hydrogen-bond acceptors (Lipinski definition) is 2. The highest BCUT2D eigenvalue weighted by Crippen LogP contribution is 2.14. The minimum Gasteiger partial charge on any atom is -0.481 e. The maximum absolute atomic E-state index is 13.3. The Labute approximate surface area is 85.0 Å². The third-order valence-electron chi connectivity index (χ3n) is 2.26. The van der Waals surface area contributed by atoms with Gasteiger partial charge in [0.1, 0.15) is 0 Å². The molecule has 0 amide bonds. The summed E-state index contributed by atoms with van der Waals surface area (Å²) >= 11 is 0. The molecule has 78 valence electrons. The van der Waals surface area contributed by atoms with Crippen molar-refractivity contribution in [2.24, 2.45) is 0 Å². The normalized spacial score (nSPS) is 10.8. The van der Waals surface area contributed by atoms with Gasteiger partial charge in [-0.15, -0.1) is 0 Å². The summed E-state index contributed by atoms with van der Waals surface area (Å²) in [5.41, 5.74) is 1.23. The van der Waals surface area contributed by atoms with Crippen LogP contribution in [0.25, 0.3) is 5.65 Å². The molecule has 0 saturated carbocycles. The molecular weight excluding hydrogens is 199 g/mol. The lowest BCUT2D eigenvalue weighted by Gasteiger charge is -1.96. The predicted molar refractivity (Wildman–Crippen MR) is 51.2 cm³/mol. The zero-order valence-corrected chi connectivity index (χ0v) is 8.07. The van der Waals surface area contributed by atoms with E-state index in [0.29, 0.717) is 11.4 Å². The number of pyridine rings is 1. The van der Waals surface area contributed by atoms with Gasteiger partial charge in [0.25, 0.3) is 0 Å². The number of aromatic nitrogens is 2. The van der Waals surface area contributed by atoms with Crippen molar-refractivity contribution >= 4 is 11.6 Å². The van der Waals surface area contributed by atoms with Gasteiger partial charge in [0.05, 0.1) is 12.1 Å². The van der Waals surface area contributed by atoms with Gasteiger partial charge in [0.2, 0.25) is 0 Å². The second-order valence-corrected chi connectivity index (χ2v) is 3.26. The zero-order chi connectivity index (χ0) is 11.0. The number of imidazole rings is 1. The third kappa shape index (κ3) is 1.56. The fourth-order valence-corrected chi connectivity index (χ4v) is 1.51. The predicted octanol–water partition coefficient (Wildman–Crippen LogP) is 1.41. The minimum atomic E-state index is -0.970. The number of nitrogens with zero attached hydrogens (tertiary/aromatic N) is 2. The number of hydrogen-bond donors (Lipinski definition) is 1. The number of rotatable bonds is 2. The second-order valence-electron chi connectivity index (χ2n) is 3.26. The molecule has 1 N–H and O–H groups in total. The summed E-state index contributed by atoms with van der Waals surface area (Å²) in [5.74, 6) is -1.42. The van der Waals surface area contributed by atoms with Gasteiger partial charge in [-0.3, -0.25) is 4.79 Å². The monoisotopic (exact) mass is 208 g/mol. The lowest BCUT2D eigenvalue weighted by Crippen LogP contribution is -2.02. The van der Waals surface area contributed by atoms with Crippen molar-refractivity contribution in [1.29, 1.82) is 0 Å². The van der Waals surface area contributed by atoms with Crippen molar-refractivity contribution in [3.63, 3.8) is 0 Å². The van der Waals surface area contributed by atoms with Gasteiger partial charge >= 0.3 is 5.97 Å². The summed E-state index contributed by atoms with van der Waals surface area (Å²) in [6.45, 7) is 1.72. The van der Waals surface area contributed by atoms with Gasteiger partial charge in [-0.2, -0.15) is 0 Å². The first kappa shape index (κ1) is 9.64. The molecule has 5 heteroatoms. The lowest BCUT2D eigenvalue weighted by molar-refractivity contribution is -0.136. The molecule has 0 bridgehead atoms. The third-order valence-corrected chi connectivity index (χ3v) is 2.26. The Morgan fingerprint density at radius 3 is 3.00 bits per heavy atom. The van der Waals surface area contributed by atoms with Crippen LogP contribution >= 0.6 is 0 Å². The van der Waals surface area contributed by atoms with Crippen LogP contribution in [0.3, 0.4) is 0 Å². The van der Waals surface area contributed by atoms with Crippen molar-refractivity contribution in [2.75, 3.05) is 0 Å². The second kappa shape index (κ2) is 3.34. The van der Waals surface area contributed by atoms with E-state index < -0.39 is 11.8 Å². The van der Waals surface area contributed by atoms with Crippen LogP contribution in [-0.2, 0) is 11.2 Å². The van der Waals surface area contributed by atoms with Crippen molar-refractivity contribution in [2.45, 2.75) is 13.3 Å². The van der Waals surface area contributed by atoms with Crippen molar-refractivity contribution in [3.8, 4) is 0 Å². The molecule has 2 heterocycles. The summed E-state index contributed by atoms with van der Waals surface area (Å²) in [7, 11) is 0. The highest BCUT2D eigenvalue weighted by Gasteiger charge is 2.13. The topological polar surface area (TPSA) is 54.6 Å². The van der Waals surface area contributed by atoms with Gasteiger partial charge < -0.3 is 9.51 Å². The Morgan fingerprint density at radius 2 is 2.40 bits per heavy atom. The molecular formula is C10H9FN2O2. The van der Waals surface area contributed by atoms with Gasteiger partial charge in [-0.1, -0.05) is 0 Å². The maximum Gasteiger partial charge on any atom is 0.309 e. The standard InChI is InChI=1S/C10H9FN2O2/c1-6-8(5-9(14)15)12-10-7(11)3-2-4-13(6)10/h2-4H,5H2,1H3,(H,14,15). The van der Waals surface area contributed by atoms with Gasteiger partial charge in [0, 0.05) is 11.9 Å². The molecule has 15 heavy (non-hydrogen) atoms. The quantitative estimate of drug-likeness (QED) is 0.811. The summed E-state index contributed by atoms with van der Waals surface area (Å²) in [6, 6.07) is 2.86. The van der Waals surface area contributed by atoms with E-state index in [2.05, 4.69) is 4.98 Å². The Balaban J connectivity index is 2.64. The average molecular weight is 208 g/mol. The molecule has 2 aromatic rings. The molecule has 0 atom stereocenters. The molecule has 0 aromatic carbocycles. The molecule has 0 fully saturated rings. The molecule has 0 aliphatic rings. The number of halogens is 1. The molecule has 2 aromatic heterocycles.